The summed E-state index contributed by atoms with van der Waals surface area (Å²) in [6, 6.07) is 19.2. The number of rotatable bonds is 4. The molecular weight excluding hydrogens is 394 g/mol. The van der Waals surface area contributed by atoms with E-state index in [1.54, 1.807) is 0 Å². The van der Waals surface area contributed by atoms with Gasteiger partial charge in [-0.1, -0.05) is 54.6 Å². The third kappa shape index (κ3) is 3.47. The number of aliphatic hydroxyl groups excluding tert-OH is 1. The fourth-order valence-corrected chi connectivity index (χ4v) is 4.57. The van der Waals surface area contributed by atoms with Gasteiger partial charge in [0.05, 0.1) is 24.0 Å². The Bertz CT molecular complexity index is 1170. The second-order valence-corrected chi connectivity index (χ2v) is 7.79. The Kier molecular flexibility index (Phi) is 5.80. The zero-order valence-electron chi connectivity index (χ0n) is 17.1. The van der Waals surface area contributed by atoms with E-state index in [0.29, 0.717) is 0 Å². The molecule has 154 valence electrons. The third-order valence-corrected chi connectivity index (χ3v) is 6.15. The van der Waals surface area contributed by atoms with Crippen LogP contribution >= 0.6 is 12.4 Å². The van der Waals surface area contributed by atoms with Crippen molar-refractivity contribution < 1.29 is 5.11 Å². The van der Waals surface area contributed by atoms with Crippen LogP contribution in [0.4, 0.5) is 5.69 Å². The van der Waals surface area contributed by atoms with Crippen molar-refractivity contribution in [1.82, 2.24) is 9.55 Å². The first-order valence-electron chi connectivity index (χ1n) is 10.2. The first-order valence-corrected chi connectivity index (χ1v) is 10.2. The van der Waals surface area contributed by atoms with Gasteiger partial charge >= 0.3 is 0 Å². The maximum absolute atomic E-state index is 10.1. The highest BCUT2D eigenvalue weighted by atomic mass is 35.5. The summed E-state index contributed by atoms with van der Waals surface area (Å²) in [6.45, 7) is 4.77. The van der Waals surface area contributed by atoms with Crippen LogP contribution in [-0.2, 0) is 26.1 Å². The van der Waals surface area contributed by atoms with E-state index in [-0.39, 0.29) is 19.0 Å². The summed E-state index contributed by atoms with van der Waals surface area (Å²) >= 11 is 0. The van der Waals surface area contributed by atoms with E-state index >= 15 is 0 Å². The molecule has 0 saturated heterocycles. The van der Waals surface area contributed by atoms with Gasteiger partial charge < -0.3 is 14.6 Å². The van der Waals surface area contributed by atoms with Gasteiger partial charge in [0, 0.05) is 42.5 Å². The average Bonchev–Trinajstić information content (AvgIpc) is 3.05. The molecule has 4 aromatic rings. The highest BCUT2D eigenvalue weighted by molar-refractivity contribution is 5.94. The molecule has 2 aromatic carbocycles. The van der Waals surface area contributed by atoms with Crippen LogP contribution in [0, 0.1) is 6.92 Å². The first-order chi connectivity index (χ1) is 14.3. The van der Waals surface area contributed by atoms with E-state index in [4.69, 9.17) is 0 Å². The van der Waals surface area contributed by atoms with Crippen LogP contribution < -0.4 is 4.90 Å². The lowest BCUT2D eigenvalue weighted by molar-refractivity contribution is 0.282. The van der Waals surface area contributed by atoms with Gasteiger partial charge in [-0.05, 0) is 30.0 Å². The van der Waals surface area contributed by atoms with Gasteiger partial charge in [-0.3, -0.25) is 4.98 Å². The topological polar surface area (TPSA) is 41.3 Å². The lowest BCUT2D eigenvalue weighted by atomic mass is 9.99. The van der Waals surface area contributed by atoms with Gasteiger partial charge in [0.2, 0.25) is 0 Å². The number of aromatic nitrogens is 2. The fraction of sp³-hybridized carbons (Fsp3) is 0.240. The quantitative estimate of drug-likeness (QED) is 0.513. The predicted molar refractivity (Wildman–Crippen MR) is 124 cm³/mol. The van der Waals surface area contributed by atoms with Crippen molar-refractivity contribution >= 4 is 29.0 Å². The van der Waals surface area contributed by atoms with Gasteiger partial charge in [0.1, 0.15) is 0 Å². The van der Waals surface area contributed by atoms with Crippen molar-refractivity contribution in [3.8, 4) is 0 Å². The molecule has 2 aromatic heterocycles. The van der Waals surface area contributed by atoms with Gasteiger partial charge in [0.25, 0.3) is 0 Å². The highest BCUT2D eigenvalue weighted by Crippen LogP contribution is 2.35. The molecule has 1 aliphatic rings. The number of nitrogens with zero attached hydrogens (tertiary/aromatic N) is 3. The Morgan fingerprint density at radius 1 is 0.967 bits per heavy atom. The van der Waals surface area contributed by atoms with E-state index in [2.05, 4.69) is 69.9 Å². The molecule has 0 amide bonds. The molecule has 5 rings (SSSR count). The number of halogens is 1. The van der Waals surface area contributed by atoms with Crippen molar-refractivity contribution in [2.24, 2.45) is 0 Å². The van der Waals surface area contributed by atoms with E-state index in [0.717, 1.165) is 48.4 Å². The minimum absolute atomic E-state index is 0. The number of pyridine rings is 1. The Hall–Kier alpha value is -2.82. The second kappa shape index (κ2) is 8.50. The van der Waals surface area contributed by atoms with Gasteiger partial charge in [-0.2, -0.15) is 0 Å². The third-order valence-electron chi connectivity index (χ3n) is 6.15. The molecule has 0 aliphatic carbocycles. The van der Waals surface area contributed by atoms with Crippen LogP contribution in [0.1, 0.15) is 27.9 Å². The van der Waals surface area contributed by atoms with Crippen molar-refractivity contribution in [3.63, 3.8) is 0 Å². The summed E-state index contributed by atoms with van der Waals surface area (Å²) < 4.78 is 2.34. The Morgan fingerprint density at radius 3 is 2.47 bits per heavy atom. The maximum Gasteiger partial charge on any atom is 0.0803 e. The first kappa shape index (κ1) is 20.5. The summed E-state index contributed by atoms with van der Waals surface area (Å²) in [6.07, 6.45) is 4.92. The smallest absolute Gasteiger partial charge is 0.0803 e. The molecule has 0 spiro atoms. The van der Waals surface area contributed by atoms with Crippen LogP contribution in [0.15, 0.2) is 67.0 Å². The summed E-state index contributed by atoms with van der Waals surface area (Å²) in [5.41, 5.74) is 8.48. The predicted octanol–water partition coefficient (Wildman–Crippen LogP) is 4.87. The molecule has 1 N–H and O–H groups in total. The lowest BCUT2D eigenvalue weighted by Gasteiger charge is -2.31. The Balaban J connectivity index is 0.00000218. The van der Waals surface area contributed by atoms with Crippen LogP contribution in [0.2, 0.25) is 0 Å². The molecule has 0 radical (unpaired) electrons. The summed E-state index contributed by atoms with van der Waals surface area (Å²) in [4.78, 5) is 6.98. The highest BCUT2D eigenvalue weighted by Gasteiger charge is 2.23. The largest absolute Gasteiger partial charge is 0.392 e. The number of aliphatic hydroxyl groups is 1. The van der Waals surface area contributed by atoms with Crippen LogP contribution in [0.25, 0.3) is 10.9 Å². The molecular formula is C25H26ClN3O. The number of hydrogen-bond acceptors (Lipinski definition) is 3. The molecule has 0 fully saturated rings. The van der Waals surface area contributed by atoms with Crippen molar-refractivity contribution in [2.75, 3.05) is 11.4 Å². The molecule has 5 heteroatoms. The molecule has 0 atom stereocenters. The Labute approximate surface area is 183 Å². The lowest BCUT2D eigenvalue weighted by Crippen LogP contribution is -2.30. The standard InChI is InChI=1S/C25H25N3O.ClH/c1-18-23(17-29)22-13-26-14-24(25(22)28(18)15-19-7-3-2-4-8-19)27-12-11-20-9-5-6-10-21(20)16-27;/h2-10,13-14,29H,11-12,15-17H2,1H3;1H. The number of benzene rings is 2. The van der Waals surface area contributed by atoms with Gasteiger partial charge in [-0.15, -0.1) is 12.4 Å². The van der Waals surface area contributed by atoms with E-state index in [1.807, 2.05) is 18.5 Å². The monoisotopic (exact) mass is 419 g/mol. The van der Waals surface area contributed by atoms with Crippen LogP contribution in [0.5, 0.6) is 0 Å². The molecule has 0 bridgehead atoms. The van der Waals surface area contributed by atoms with Crippen molar-refractivity contribution in [3.05, 3.63) is 94.9 Å². The SMILES string of the molecule is Cc1c(CO)c2cncc(N3CCc4ccccc4C3)c2n1Cc1ccccc1.Cl. The maximum atomic E-state index is 10.1. The summed E-state index contributed by atoms with van der Waals surface area (Å²) in [5, 5.41) is 11.1. The van der Waals surface area contributed by atoms with Gasteiger partial charge in [-0.25, -0.2) is 0 Å². The zero-order valence-corrected chi connectivity index (χ0v) is 17.9. The van der Waals surface area contributed by atoms with Crippen LogP contribution in [0.3, 0.4) is 0 Å². The van der Waals surface area contributed by atoms with E-state index < -0.39 is 0 Å². The minimum Gasteiger partial charge on any atom is -0.392 e. The molecule has 0 unspecified atom stereocenters. The normalized spacial score (nSPS) is 13.2. The Morgan fingerprint density at radius 2 is 1.70 bits per heavy atom. The van der Waals surface area contributed by atoms with E-state index in [1.165, 1.54) is 22.2 Å². The number of hydrogen-bond donors (Lipinski definition) is 1. The molecule has 1 aliphatic heterocycles. The van der Waals surface area contributed by atoms with Crippen molar-refractivity contribution in [1.29, 1.82) is 0 Å². The number of fused-ring (bicyclic) bond motifs is 2. The second-order valence-electron chi connectivity index (χ2n) is 7.79. The molecule has 0 saturated carbocycles. The number of anilines is 1. The summed E-state index contributed by atoms with van der Waals surface area (Å²) in [5.74, 6) is 0. The average molecular weight is 420 g/mol. The fourth-order valence-electron chi connectivity index (χ4n) is 4.57. The summed E-state index contributed by atoms with van der Waals surface area (Å²) in [7, 11) is 0. The van der Waals surface area contributed by atoms with Crippen molar-refractivity contribution in [2.45, 2.75) is 33.0 Å². The van der Waals surface area contributed by atoms with Gasteiger partial charge in [0.15, 0.2) is 0 Å². The molecule has 4 nitrogen and oxygen atoms in total. The zero-order chi connectivity index (χ0) is 19.8. The van der Waals surface area contributed by atoms with Crippen LogP contribution in [-0.4, -0.2) is 21.2 Å². The molecule has 30 heavy (non-hydrogen) atoms. The van der Waals surface area contributed by atoms with E-state index in [9.17, 15) is 5.11 Å². The molecule has 3 heterocycles. The minimum atomic E-state index is 0.